The summed E-state index contributed by atoms with van der Waals surface area (Å²) < 4.78 is 10.5. The Morgan fingerprint density at radius 1 is 1.05 bits per heavy atom. The predicted molar refractivity (Wildman–Crippen MR) is 85.7 cm³/mol. The Bertz CT molecular complexity index is 626. The van der Waals surface area contributed by atoms with Gasteiger partial charge < -0.3 is 14.8 Å². The number of hydrogen-bond donors (Lipinski definition) is 1. The molecule has 0 radical (unpaired) electrons. The van der Waals surface area contributed by atoms with Crippen molar-refractivity contribution in [3.63, 3.8) is 0 Å². The molecule has 0 spiro atoms. The van der Waals surface area contributed by atoms with Crippen molar-refractivity contribution in [3.8, 4) is 11.5 Å². The maximum absolute atomic E-state index is 12.4. The molecule has 2 aromatic carbocycles. The van der Waals surface area contributed by atoms with Gasteiger partial charge in [-0.3, -0.25) is 4.79 Å². The lowest BCUT2D eigenvalue weighted by Gasteiger charge is -2.12. The summed E-state index contributed by atoms with van der Waals surface area (Å²) in [7, 11) is 3.06. The van der Waals surface area contributed by atoms with Crippen molar-refractivity contribution < 1.29 is 14.3 Å². The SMILES string of the molecule is COc1cccc(C(=O)Nc2ccc(SC)cc2)c1OC. The van der Waals surface area contributed by atoms with Gasteiger partial charge in [-0.15, -0.1) is 11.8 Å². The fraction of sp³-hybridized carbons (Fsp3) is 0.188. The van der Waals surface area contributed by atoms with Gasteiger partial charge in [-0.05, 0) is 42.7 Å². The molecule has 0 aliphatic carbocycles. The fourth-order valence-corrected chi connectivity index (χ4v) is 2.35. The zero-order valence-corrected chi connectivity index (χ0v) is 13.0. The van der Waals surface area contributed by atoms with Gasteiger partial charge in [0.15, 0.2) is 11.5 Å². The van der Waals surface area contributed by atoms with Crippen LogP contribution in [0.1, 0.15) is 10.4 Å². The van der Waals surface area contributed by atoms with Gasteiger partial charge in [0.2, 0.25) is 0 Å². The lowest BCUT2D eigenvalue weighted by atomic mass is 10.1. The van der Waals surface area contributed by atoms with E-state index in [2.05, 4.69) is 5.32 Å². The second kappa shape index (κ2) is 7.04. The van der Waals surface area contributed by atoms with E-state index in [-0.39, 0.29) is 5.91 Å². The maximum atomic E-state index is 12.4. The van der Waals surface area contributed by atoms with Crippen molar-refractivity contribution in [1.82, 2.24) is 0 Å². The highest BCUT2D eigenvalue weighted by atomic mass is 32.2. The molecule has 1 amide bonds. The van der Waals surface area contributed by atoms with Gasteiger partial charge in [0, 0.05) is 10.6 Å². The Kier molecular flexibility index (Phi) is 5.11. The van der Waals surface area contributed by atoms with E-state index in [1.54, 1.807) is 37.1 Å². The van der Waals surface area contributed by atoms with Crippen LogP contribution in [0.5, 0.6) is 11.5 Å². The summed E-state index contributed by atoms with van der Waals surface area (Å²) in [6, 6.07) is 12.9. The van der Waals surface area contributed by atoms with Gasteiger partial charge in [-0.2, -0.15) is 0 Å². The van der Waals surface area contributed by atoms with Crippen LogP contribution >= 0.6 is 11.8 Å². The third-order valence-corrected chi connectivity index (χ3v) is 3.74. The topological polar surface area (TPSA) is 47.6 Å². The highest BCUT2D eigenvalue weighted by Crippen LogP contribution is 2.31. The van der Waals surface area contributed by atoms with E-state index in [0.717, 1.165) is 10.6 Å². The van der Waals surface area contributed by atoms with Crippen molar-refractivity contribution in [2.24, 2.45) is 0 Å². The molecule has 2 aromatic rings. The summed E-state index contributed by atoms with van der Waals surface area (Å²) in [4.78, 5) is 13.5. The average Bonchev–Trinajstić information content (AvgIpc) is 2.54. The highest BCUT2D eigenvalue weighted by molar-refractivity contribution is 7.98. The summed E-state index contributed by atoms with van der Waals surface area (Å²) in [5.41, 5.74) is 1.17. The Hall–Kier alpha value is -2.14. The average molecular weight is 303 g/mol. The van der Waals surface area contributed by atoms with Crippen molar-refractivity contribution >= 4 is 23.4 Å². The standard InChI is InChI=1S/C16H17NO3S/c1-19-14-6-4-5-13(15(14)20-2)16(18)17-11-7-9-12(21-3)10-8-11/h4-10H,1-3H3,(H,17,18). The lowest BCUT2D eigenvalue weighted by Crippen LogP contribution is -2.13. The van der Waals surface area contributed by atoms with Gasteiger partial charge in [-0.1, -0.05) is 6.07 Å². The molecule has 2 rings (SSSR count). The predicted octanol–water partition coefficient (Wildman–Crippen LogP) is 3.68. The van der Waals surface area contributed by atoms with Crippen molar-refractivity contribution in [1.29, 1.82) is 0 Å². The van der Waals surface area contributed by atoms with Gasteiger partial charge in [0.1, 0.15) is 0 Å². The third kappa shape index (κ3) is 3.49. The minimum atomic E-state index is -0.234. The van der Waals surface area contributed by atoms with Crippen LogP contribution in [0.4, 0.5) is 5.69 Å². The summed E-state index contributed by atoms with van der Waals surface area (Å²) in [6.07, 6.45) is 2.01. The van der Waals surface area contributed by atoms with Crippen LogP contribution in [-0.4, -0.2) is 26.4 Å². The number of nitrogens with one attached hydrogen (secondary N) is 1. The number of methoxy groups -OCH3 is 2. The minimum Gasteiger partial charge on any atom is -0.493 e. The van der Waals surface area contributed by atoms with Gasteiger partial charge >= 0.3 is 0 Å². The number of benzene rings is 2. The van der Waals surface area contributed by atoms with Gasteiger partial charge in [-0.25, -0.2) is 0 Å². The first-order chi connectivity index (χ1) is 10.2. The normalized spacial score (nSPS) is 10.0. The summed E-state index contributed by atoms with van der Waals surface area (Å²) >= 11 is 1.65. The Morgan fingerprint density at radius 2 is 1.76 bits per heavy atom. The summed E-state index contributed by atoms with van der Waals surface area (Å²) in [5.74, 6) is 0.726. The number of ether oxygens (including phenoxy) is 2. The molecule has 0 atom stereocenters. The summed E-state index contributed by atoms with van der Waals surface area (Å²) in [6.45, 7) is 0. The zero-order chi connectivity index (χ0) is 15.2. The molecule has 1 N–H and O–H groups in total. The van der Waals surface area contributed by atoms with Crippen molar-refractivity contribution in [3.05, 3.63) is 48.0 Å². The largest absolute Gasteiger partial charge is 0.493 e. The van der Waals surface area contributed by atoms with E-state index in [9.17, 15) is 4.79 Å². The van der Waals surface area contributed by atoms with Crippen molar-refractivity contribution in [2.45, 2.75) is 4.90 Å². The quantitative estimate of drug-likeness (QED) is 0.856. The Balaban J connectivity index is 2.23. The summed E-state index contributed by atoms with van der Waals surface area (Å²) in [5, 5.41) is 2.85. The molecule has 0 saturated carbocycles. The number of anilines is 1. The van der Waals surface area contributed by atoms with Crippen LogP contribution in [0.25, 0.3) is 0 Å². The molecule has 0 saturated heterocycles. The minimum absolute atomic E-state index is 0.234. The second-order valence-corrected chi connectivity index (χ2v) is 5.10. The number of rotatable bonds is 5. The van der Waals surface area contributed by atoms with E-state index in [1.807, 2.05) is 30.5 Å². The first-order valence-corrected chi connectivity index (χ1v) is 7.58. The van der Waals surface area contributed by atoms with Crippen LogP contribution in [0, 0.1) is 0 Å². The Morgan fingerprint density at radius 3 is 2.33 bits per heavy atom. The number of thioether (sulfide) groups is 1. The van der Waals surface area contributed by atoms with Crippen molar-refractivity contribution in [2.75, 3.05) is 25.8 Å². The number of carbonyl (C=O) groups is 1. The zero-order valence-electron chi connectivity index (χ0n) is 12.2. The molecule has 5 heteroatoms. The number of para-hydroxylation sites is 1. The number of amides is 1. The van der Waals surface area contributed by atoms with E-state index < -0.39 is 0 Å². The maximum Gasteiger partial charge on any atom is 0.259 e. The van der Waals surface area contributed by atoms with E-state index in [1.165, 1.54) is 7.11 Å². The smallest absolute Gasteiger partial charge is 0.259 e. The third-order valence-electron chi connectivity index (χ3n) is 3.00. The van der Waals surface area contributed by atoms with E-state index in [4.69, 9.17) is 9.47 Å². The molecule has 0 aromatic heterocycles. The van der Waals surface area contributed by atoms with E-state index in [0.29, 0.717) is 17.1 Å². The molecular weight excluding hydrogens is 286 g/mol. The molecule has 0 heterocycles. The van der Waals surface area contributed by atoms with Crippen LogP contribution in [-0.2, 0) is 0 Å². The second-order valence-electron chi connectivity index (χ2n) is 4.22. The molecule has 21 heavy (non-hydrogen) atoms. The molecule has 110 valence electrons. The van der Waals surface area contributed by atoms with Crippen LogP contribution < -0.4 is 14.8 Å². The first kappa shape index (κ1) is 15.3. The Labute approximate surface area is 128 Å². The van der Waals surface area contributed by atoms with Crippen LogP contribution in [0.15, 0.2) is 47.4 Å². The van der Waals surface area contributed by atoms with Crippen LogP contribution in [0.2, 0.25) is 0 Å². The molecule has 0 fully saturated rings. The molecule has 4 nitrogen and oxygen atoms in total. The molecule has 0 aliphatic rings. The number of hydrogen-bond acceptors (Lipinski definition) is 4. The highest BCUT2D eigenvalue weighted by Gasteiger charge is 2.16. The fourth-order valence-electron chi connectivity index (χ4n) is 1.94. The van der Waals surface area contributed by atoms with Crippen LogP contribution in [0.3, 0.4) is 0 Å². The van der Waals surface area contributed by atoms with Gasteiger partial charge in [0.05, 0.1) is 19.8 Å². The monoisotopic (exact) mass is 303 g/mol. The van der Waals surface area contributed by atoms with Gasteiger partial charge in [0.25, 0.3) is 5.91 Å². The molecule has 0 aliphatic heterocycles. The first-order valence-electron chi connectivity index (χ1n) is 6.36. The number of carbonyl (C=O) groups excluding carboxylic acids is 1. The molecule has 0 unspecified atom stereocenters. The van der Waals surface area contributed by atoms with E-state index >= 15 is 0 Å². The lowest BCUT2D eigenvalue weighted by molar-refractivity contribution is 0.102. The molecular formula is C16H17NO3S. The molecule has 0 bridgehead atoms.